The first-order chi connectivity index (χ1) is 9.20. The average molecular weight is 373 g/mol. The molecule has 112 valence electrons. The predicted octanol–water partition coefficient (Wildman–Crippen LogP) is 3.01. The molecule has 2 heterocycles. The molecule has 0 spiro atoms. The minimum atomic E-state index is -4.50. The van der Waals surface area contributed by atoms with Crippen LogP contribution in [0.3, 0.4) is 0 Å². The minimum Gasteiger partial charge on any atom is -0.367 e. The number of aryl methyl sites for hydroxylation is 1. The first-order valence-electron chi connectivity index (χ1n) is 5.74. The molecule has 1 aliphatic heterocycles. The van der Waals surface area contributed by atoms with Crippen LogP contribution in [0.2, 0.25) is 0 Å². The van der Waals surface area contributed by atoms with Crippen LogP contribution in [0.5, 0.6) is 0 Å². The molecule has 4 nitrogen and oxygen atoms in total. The summed E-state index contributed by atoms with van der Waals surface area (Å²) in [6, 6.07) is 0. The molecule has 0 N–H and O–H groups in total. The van der Waals surface area contributed by atoms with Crippen LogP contribution in [0.15, 0.2) is 3.79 Å². The standard InChI is InChI=1S/C11H12BrF3N2O2S/c1-6-7(12)20-8(16-6)9(18)17-4-3-10(5-17,19-2)11(13,14)15/h3-5H2,1-2H3. The van der Waals surface area contributed by atoms with Gasteiger partial charge in [-0.25, -0.2) is 4.98 Å². The Bertz CT molecular complexity index is 515. The highest BCUT2D eigenvalue weighted by Gasteiger charge is 2.59. The van der Waals surface area contributed by atoms with Crippen molar-refractivity contribution < 1.29 is 22.7 Å². The van der Waals surface area contributed by atoms with Crippen molar-refractivity contribution in [1.82, 2.24) is 9.88 Å². The number of ether oxygens (including phenoxy) is 1. The lowest BCUT2D eigenvalue weighted by atomic mass is 10.0. The summed E-state index contributed by atoms with van der Waals surface area (Å²) in [5, 5.41) is 0.184. The van der Waals surface area contributed by atoms with Gasteiger partial charge in [-0.15, -0.1) is 11.3 Å². The van der Waals surface area contributed by atoms with E-state index in [1.54, 1.807) is 6.92 Å². The number of carbonyl (C=O) groups is 1. The Hall–Kier alpha value is -0.670. The van der Waals surface area contributed by atoms with E-state index < -0.39 is 24.2 Å². The summed E-state index contributed by atoms with van der Waals surface area (Å²) in [6.45, 7) is 1.22. The van der Waals surface area contributed by atoms with Crippen molar-refractivity contribution in [3.8, 4) is 0 Å². The van der Waals surface area contributed by atoms with E-state index in [1.807, 2.05) is 0 Å². The summed E-state index contributed by atoms with van der Waals surface area (Å²) in [4.78, 5) is 17.4. The second kappa shape index (κ2) is 5.27. The van der Waals surface area contributed by atoms with Gasteiger partial charge in [-0.1, -0.05) is 0 Å². The van der Waals surface area contributed by atoms with Crippen LogP contribution >= 0.6 is 27.3 Å². The molecule has 1 atom stereocenters. The quantitative estimate of drug-likeness (QED) is 0.801. The number of nitrogens with zero attached hydrogens (tertiary/aromatic N) is 2. The summed E-state index contributed by atoms with van der Waals surface area (Å²) in [7, 11) is 1.02. The fraction of sp³-hybridized carbons (Fsp3) is 0.636. The van der Waals surface area contributed by atoms with Gasteiger partial charge in [0, 0.05) is 20.1 Å². The number of thiazole rings is 1. The van der Waals surface area contributed by atoms with Gasteiger partial charge >= 0.3 is 6.18 Å². The van der Waals surface area contributed by atoms with Crippen LogP contribution < -0.4 is 0 Å². The van der Waals surface area contributed by atoms with E-state index >= 15 is 0 Å². The Balaban J connectivity index is 2.19. The number of rotatable bonds is 2. The molecule has 1 aromatic heterocycles. The molecule has 1 saturated heterocycles. The van der Waals surface area contributed by atoms with Gasteiger partial charge in [0.05, 0.1) is 16.0 Å². The number of halogens is 4. The van der Waals surface area contributed by atoms with Gasteiger partial charge in [0.1, 0.15) is 0 Å². The normalized spacial score (nSPS) is 23.4. The van der Waals surface area contributed by atoms with Crippen molar-refractivity contribution in [2.45, 2.75) is 25.1 Å². The molecule has 20 heavy (non-hydrogen) atoms. The molecule has 2 rings (SSSR count). The van der Waals surface area contributed by atoms with Crippen molar-refractivity contribution in [2.75, 3.05) is 20.2 Å². The molecule has 0 saturated carbocycles. The average Bonchev–Trinajstić information content (AvgIpc) is 2.93. The lowest BCUT2D eigenvalue weighted by molar-refractivity contribution is -0.263. The van der Waals surface area contributed by atoms with E-state index in [0.717, 1.165) is 23.3 Å². The van der Waals surface area contributed by atoms with Crippen LogP contribution in [0.25, 0.3) is 0 Å². The van der Waals surface area contributed by atoms with E-state index in [4.69, 9.17) is 0 Å². The number of methoxy groups -OCH3 is 1. The van der Waals surface area contributed by atoms with E-state index in [-0.39, 0.29) is 18.0 Å². The molecule has 1 aliphatic rings. The molecule has 1 aromatic rings. The Morgan fingerprint density at radius 3 is 2.60 bits per heavy atom. The highest BCUT2D eigenvalue weighted by atomic mass is 79.9. The highest BCUT2D eigenvalue weighted by molar-refractivity contribution is 9.11. The molecule has 0 radical (unpaired) electrons. The lowest BCUT2D eigenvalue weighted by Crippen LogP contribution is -2.49. The topological polar surface area (TPSA) is 42.4 Å². The Kier molecular flexibility index (Phi) is 4.14. The number of likely N-dealkylation sites (tertiary alicyclic amines) is 1. The van der Waals surface area contributed by atoms with Crippen molar-refractivity contribution in [3.63, 3.8) is 0 Å². The Morgan fingerprint density at radius 1 is 1.55 bits per heavy atom. The number of amides is 1. The first kappa shape index (κ1) is 15.7. The van der Waals surface area contributed by atoms with Crippen molar-refractivity contribution in [1.29, 1.82) is 0 Å². The third kappa shape index (κ3) is 2.58. The number of carbonyl (C=O) groups excluding carboxylic acids is 1. The summed E-state index contributed by atoms with van der Waals surface area (Å²) in [5.41, 5.74) is -1.63. The van der Waals surface area contributed by atoms with Crippen LogP contribution in [0.1, 0.15) is 21.9 Å². The van der Waals surface area contributed by atoms with E-state index in [2.05, 4.69) is 25.7 Å². The molecule has 1 fully saturated rings. The molecule has 1 unspecified atom stereocenters. The molecule has 0 aromatic carbocycles. The fourth-order valence-electron chi connectivity index (χ4n) is 2.07. The molecular formula is C11H12BrF3N2O2S. The minimum absolute atomic E-state index is 0.00241. The van der Waals surface area contributed by atoms with Crippen LogP contribution in [-0.4, -0.2) is 47.8 Å². The molecule has 9 heteroatoms. The van der Waals surface area contributed by atoms with E-state index in [0.29, 0.717) is 9.48 Å². The van der Waals surface area contributed by atoms with E-state index in [9.17, 15) is 18.0 Å². The maximum absolute atomic E-state index is 13.0. The maximum atomic E-state index is 13.0. The largest absolute Gasteiger partial charge is 0.419 e. The van der Waals surface area contributed by atoms with Gasteiger partial charge in [0.2, 0.25) is 0 Å². The third-order valence-electron chi connectivity index (χ3n) is 3.35. The zero-order valence-corrected chi connectivity index (χ0v) is 13.2. The molecule has 0 bridgehead atoms. The molecular weight excluding hydrogens is 361 g/mol. The summed E-state index contributed by atoms with van der Waals surface area (Å²) in [5.74, 6) is -0.494. The van der Waals surface area contributed by atoms with Crippen molar-refractivity contribution >= 4 is 33.2 Å². The first-order valence-corrected chi connectivity index (χ1v) is 7.35. The van der Waals surface area contributed by atoms with Gasteiger partial charge in [-0.2, -0.15) is 13.2 Å². The summed E-state index contributed by atoms with van der Waals surface area (Å²) < 4.78 is 44.5. The highest BCUT2D eigenvalue weighted by Crippen LogP contribution is 2.41. The van der Waals surface area contributed by atoms with Gasteiger partial charge in [0.15, 0.2) is 10.6 Å². The van der Waals surface area contributed by atoms with Crippen LogP contribution in [0.4, 0.5) is 13.2 Å². The SMILES string of the molecule is COC1(C(F)(F)F)CCN(C(=O)c2nc(C)c(Br)s2)C1. The maximum Gasteiger partial charge on any atom is 0.419 e. The smallest absolute Gasteiger partial charge is 0.367 e. The third-order valence-corrected chi connectivity index (χ3v) is 5.34. The van der Waals surface area contributed by atoms with Crippen molar-refractivity contribution in [3.05, 3.63) is 14.5 Å². The predicted molar refractivity (Wildman–Crippen MR) is 70.9 cm³/mol. The van der Waals surface area contributed by atoms with Gasteiger partial charge in [-0.05, 0) is 22.9 Å². The lowest BCUT2D eigenvalue weighted by Gasteiger charge is -2.29. The number of aromatic nitrogens is 1. The monoisotopic (exact) mass is 372 g/mol. The zero-order chi connectivity index (χ0) is 15.1. The van der Waals surface area contributed by atoms with Gasteiger partial charge in [0.25, 0.3) is 5.91 Å². The number of hydrogen-bond acceptors (Lipinski definition) is 4. The number of alkyl halides is 3. The van der Waals surface area contributed by atoms with E-state index in [1.165, 1.54) is 0 Å². The Morgan fingerprint density at radius 2 is 2.20 bits per heavy atom. The summed E-state index contributed by atoms with van der Waals surface area (Å²) >= 11 is 4.36. The summed E-state index contributed by atoms with van der Waals surface area (Å²) in [6.07, 6.45) is -4.76. The fourth-order valence-corrected chi connectivity index (χ4v) is 3.38. The van der Waals surface area contributed by atoms with Crippen LogP contribution in [-0.2, 0) is 4.74 Å². The van der Waals surface area contributed by atoms with Gasteiger partial charge in [-0.3, -0.25) is 4.79 Å². The number of hydrogen-bond donors (Lipinski definition) is 0. The second-order valence-corrected chi connectivity index (χ2v) is 6.87. The Labute approximate surface area is 126 Å². The van der Waals surface area contributed by atoms with Crippen molar-refractivity contribution in [2.24, 2.45) is 0 Å². The molecule has 0 aliphatic carbocycles. The van der Waals surface area contributed by atoms with Gasteiger partial charge < -0.3 is 9.64 Å². The molecule has 1 amide bonds. The van der Waals surface area contributed by atoms with Crippen LogP contribution in [0, 0.1) is 6.92 Å². The second-order valence-electron chi connectivity index (χ2n) is 4.55. The zero-order valence-electron chi connectivity index (χ0n) is 10.8.